The van der Waals surface area contributed by atoms with Crippen LogP contribution in [0, 0.1) is 0 Å². The molecular weight excluding hydrogens is 224 g/mol. The Labute approximate surface area is 112 Å². The van der Waals surface area contributed by atoms with Crippen LogP contribution in [-0.4, -0.2) is 25.0 Å². The van der Waals surface area contributed by atoms with Crippen molar-refractivity contribution in [2.75, 3.05) is 7.05 Å². The lowest BCUT2D eigenvalue weighted by Gasteiger charge is -2.28. The zero-order chi connectivity index (χ0) is 13.2. The first-order valence-corrected chi connectivity index (χ1v) is 7.73. The number of carbonyl (C=O) groups excluding carboxylic acids is 1. The van der Waals surface area contributed by atoms with E-state index in [1.54, 1.807) is 0 Å². The molecule has 0 saturated heterocycles. The van der Waals surface area contributed by atoms with Gasteiger partial charge in [0.15, 0.2) is 0 Å². The summed E-state index contributed by atoms with van der Waals surface area (Å²) in [5, 5.41) is 6.51. The highest BCUT2D eigenvalue weighted by Gasteiger charge is 2.20. The third-order valence-corrected chi connectivity index (χ3v) is 4.01. The highest BCUT2D eigenvalue weighted by Crippen LogP contribution is 2.18. The number of nitrogens with one attached hydrogen (secondary N) is 2. The van der Waals surface area contributed by atoms with E-state index in [0.717, 1.165) is 25.7 Å². The van der Waals surface area contributed by atoms with Crippen molar-refractivity contribution in [1.82, 2.24) is 10.6 Å². The van der Waals surface area contributed by atoms with Gasteiger partial charge in [-0.15, -0.1) is 0 Å². The molecule has 1 fully saturated rings. The van der Waals surface area contributed by atoms with Gasteiger partial charge in [-0.2, -0.15) is 0 Å². The van der Waals surface area contributed by atoms with Gasteiger partial charge in [0.1, 0.15) is 0 Å². The second kappa shape index (κ2) is 9.37. The summed E-state index contributed by atoms with van der Waals surface area (Å²) in [4.78, 5) is 11.8. The lowest BCUT2D eigenvalue weighted by molar-refractivity contribution is -0.122. The summed E-state index contributed by atoms with van der Waals surface area (Å²) in [6.07, 6.45) is 11.5. The molecule has 18 heavy (non-hydrogen) atoms. The Hall–Kier alpha value is -0.570. The Bertz CT molecular complexity index is 223. The monoisotopic (exact) mass is 254 g/mol. The van der Waals surface area contributed by atoms with Crippen LogP contribution in [-0.2, 0) is 4.79 Å². The van der Waals surface area contributed by atoms with Crippen LogP contribution in [0.15, 0.2) is 0 Å². The summed E-state index contributed by atoms with van der Waals surface area (Å²) in [7, 11) is 2.03. The van der Waals surface area contributed by atoms with E-state index in [-0.39, 0.29) is 5.91 Å². The van der Waals surface area contributed by atoms with Gasteiger partial charge in [-0.25, -0.2) is 0 Å². The molecule has 0 aliphatic heterocycles. The highest BCUT2D eigenvalue weighted by atomic mass is 16.1. The zero-order valence-electron chi connectivity index (χ0n) is 12.1. The Kier molecular flexibility index (Phi) is 8.06. The first-order valence-electron chi connectivity index (χ1n) is 7.73. The van der Waals surface area contributed by atoms with Crippen molar-refractivity contribution >= 4 is 5.91 Å². The molecule has 1 saturated carbocycles. The maximum Gasteiger partial charge on any atom is 0.220 e. The minimum absolute atomic E-state index is 0.263. The first kappa shape index (κ1) is 15.5. The van der Waals surface area contributed by atoms with Crippen molar-refractivity contribution < 1.29 is 4.79 Å². The van der Waals surface area contributed by atoms with Crippen LogP contribution in [0.2, 0.25) is 0 Å². The summed E-state index contributed by atoms with van der Waals surface area (Å²) >= 11 is 0. The summed E-state index contributed by atoms with van der Waals surface area (Å²) in [6, 6.07) is 1.09. The summed E-state index contributed by atoms with van der Waals surface area (Å²) < 4.78 is 0. The zero-order valence-corrected chi connectivity index (χ0v) is 12.1. The minimum Gasteiger partial charge on any atom is -0.353 e. The molecule has 1 rings (SSSR count). The molecule has 0 aromatic carbocycles. The van der Waals surface area contributed by atoms with E-state index in [1.807, 2.05) is 7.05 Å². The number of carbonyl (C=O) groups is 1. The lowest BCUT2D eigenvalue weighted by Crippen LogP contribution is -2.41. The van der Waals surface area contributed by atoms with Crippen LogP contribution in [0.5, 0.6) is 0 Å². The SMILES string of the molecule is CCCCCCCC(=O)NC1CCC(NC)CC1. The first-order chi connectivity index (χ1) is 8.76. The minimum atomic E-state index is 0.263. The van der Waals surface area contributed by atoms with Gasteiger partial charge in [-0.1, -0.05) is 32.6 Å². The van der Waals surface area contributed by atoms with E-state index < -0.39 is 0 Å². The van der Waals surface area contributed by atoms with Crippen molar-refractivity contribution in [3.8, 4) is 0 Å². The fourth-order valence-corrected chi connectivity index (χ4v) is 2.72. The third-order valence-electron chi connectivity index (χ3n) is 4.01. The van der Waals surface area contributed by atoms with Crippen LogP contribution in [0.4, 0.5) is 0 Å². The maximum atomic E-state index is 11.8. The molecule has 1 amide bonds. The fraction of sp³-hybridized carbons (Fsp3) is 0.933. The average molecular weight is 254 g/mol. The van der Waals surface area contributed by atoms with Crippen LogP contribution in [0.1, 0.15) is 71.1 Å². The molecule has 0 heterocycles. The molecule has 3 heteroatoms. The van der Waals surface area contributed by atoms with Gasteiger partial charge in [-0.3, -0.25) is 4.79 Å². The molecule has 0 radical (unpaired) electrons. The molecule has 0 aromatic rings. The molecule has 2 N–H and O–H groups in total. The molecule has 0 unspecified atom stereocenters. The predicted molar refractivity (Wildman–Crippen MR) is 76.6 cm³/mol. The van der Waals surface area contributed by atoms with Crippen LogP contribution >= 0.6 is 0 Å². The normalized spacial score (nSPS) is 23.9. The Morgan fingerprint density at radius 1 is 1.00 bits per heavy atom. The molecular formula is C15H30N2O. The van der Waals surface area contributed by atoms with E-state index in [1.165, 1.54) is 38.5 Å². The molecule has 0 atom stereocenters. The van der Waals surface area contributed by atoms with E-state index in [0.29, 0.717) is 12.1 Å². The van der Waals surface area contributed by atoms with Gasteiger partial charge in [0, 0.05) is 18.5 Å². The molecule has 0 aromatic heterocycles. The van der Waals surface area contributed by atoms with Crippen molar-refractivity contribution in [2.24, 2.45) is 0 Å². The second-order valence-electron chi connectivity index (χ2n) is 5.57. The van der Waals surface area contributed by atoms with E-state index in [4.69, 9.17) is 0 Å². The van der Waals surface area contributed by atoms with E-state index in [9.17, 15) is 4.79 Å². The largest absolute Gasteiger partial charge is 0.353 e. The predicted octanol–water partition coefficient (Wildman–Crippen LogP) is 2.99. The Morgan fingerprint density at radius 2 is 1.61 bits per heavy atom. The van der Waals surface area contributed by atoms with E-state index in [2.05, 4.69) is 17.6 Å². The standard InChI is InChI=1S/C15H30N2O/c1-3-4-5-6-7-8-15(18)17-14-11-9-13(16-2)10-12-14/h13-14,16H,3-12H2,1-2H3,(H,17,18). The smallest absolute Gasteiger partial charge is 0.220 e. The van der Waals surface area contributed by atoms with Gasteiger partial charge in [0.25, 0.3) is 0 Å². The highest BCUT2D eigenvalue weighted by molar-refractivity contribution is 5.76. The van der Waals surface area contributed by atoms with Crippen molar-refractivity contribution in [3.63, 3.8) is 0 Å². The summed E-state index contributed by atoms with van der Waals surface area (Å²) in [5.74, 6) is 0.263. The topological polar surface area (TPSA) is 41.1 Å². The number of hydrogen-bond donors (Lipinski definition) is 2. The van der Waals surface area contributed by atoms with Gasteiger partial charge >= 0.3 is 0 Å². The van der Waals surface area contributed by atoms with E-state index >= 15 is 0 Å². The third kappa shape index (κ3) is 6.39. The quantitative estimate of drug-likeness (QED) is 0.654. The summed E-state index contributed by atoms with van der Waals surface area (Å²) in [6.45, 7) is 2.22. The van der Waals surface area contributed by atoms with Gasteiger partial charge in [0.05, 0.1) is 0 Å². The van der Waals surface area contributed by atoms with Crippen molar-refractivity contribution in [1.29, 1.82) is 0 Å². The van der Waals surface area contributed by atoms with Gasteiger partial charge in [-0.05, 0) is 39.2 Å². The van der Waals surface area contributed by atoms with Crippen LogP contribution in [0.3, 0.4) is 0 Å². The number of hydrogen-bond acceptors (Lipinski definition) is 2. The van der Waals surface area contributed by atoms with Crippen molar-refractivity contribution in [3.05, 3.63) is 0 Å². The number of unbranched alkanes of at least 4 members (excludes halogenated alkanes) is 4. The number of rotatable bonds is 8. The Morgan fingerprint density at radius 3 is 2.22 bits per heavy atom. The van der Waals surface area contributed by atoms with Crippen LogP contribution in [0.25, 0.3) is 0 Å². The number of amides is 1. The van der Waals surface area contributed by atoms with Gasteiger partial charge in [0.2, 0.25) is 5.91 Å². The lowest BCUT2D eigenvalue weighted by atomic mass is 9.91. The van der Waals surface area contributed by atoms with Crippen LogP contribution < -0.4 is 10.6 Å². The average Bonchev–Trinajstić information content (AvgIpc) is 2.39. The molecule has 3 nitrogen and oxygen atoms in total. The second-order valence-corrected chi connectivity index (χ2v) is 5.57. The Balaban J connectivity index is 2.02. The van der Waals surface area contributed by atoms with Crippen molar-refractivity contribution in [2.45, 2.75) is 83.2 Å². The molecule has 1 aliphatic rings. The molecule has 0 bridgehead atoms. The maximum absolute atomic E-state index is 11.8. The van der Waals surface area contributed by atoms with Gasteiger partial charge < -0.3 is 10.6 Å². The fourth-order valence-electron chi connectivity index (χ4n) is 2.72. The molecule has 1 aliphatic carbocycles. The summed E-state index contributed by atoms with van der Waals surface area (Å²) in [5.41, 5.74) is 0. The molecule has 0 spiro atoms. The molecule has 106 valence electrons.